The number of nitrogens with zero attached hydrogens (tertiary/aromatic N) is 3. The Balaban J connectivity index is 2.87. The zero-order valence-corrected chi connectivity index (χ0v) is 12.4. The molecule has 7 nitrogen and oxygen atoms in total. The molecule has 0 aliphatic rings. The van der Waals surface area contributed by atoms with E-state index in [2.05, 4.69) is 15.6 Å². The molecular weight excluding hydrogens is 260 g/mol. The van der Waals surface area contributed by atoms with Crippen molar-refractivity contribution in [1.82, 2.24) is 20.3 Å². The van der Waals surface area contributed by atoms with E-state index in [-0.39, 0.29) is 23.7 Å². The average Bonchev–Trinajstić information content (AvgIpc) is 2.72. The fraction of sp³-hybridized carbons (Fsp3) is 0.692. The van der Waals surface area contributed by atoms with Crippen LogP contribution < -0.4 is 5.32 Å². The van der Waals surface area contributed by atoms with E-state index in [1.165, 1.54) is 4.68 Å². The highest BCUT2D eigenvalue weighted by Gasteiger charge is 2.22. The summed E-state index contributed by atoms with van der Waals surface area (Å²) in [7, 11) is 0. The number of rotatable bonds is 7. The van der Waals surface area contributed by atoms with Crippen molar-refractivity contribution in [1.29, 1.82) is 0 Å². The minimum atomic E-state index is -1.12. The molecule has 0 fully saturated rings. The van der Waals surface area contributed by atoms with E-state index in [1.54, 1.807) is 0 Å². The molecule has 2 N–H and O–H groups in total. The standard InChI is InChI=1S/C13H22N4O3/c1-5-7-9-11(12(19)20)15-16-17(9)8-10(18)14-13(3,4)6-2/h5-8H2,1-4H3,(H,14,18)(H,19,20). The number of aromatic carboxylic acids is 1. The van der Waals surface area contributed by atoms with Crippen LogP contribution in [0, 0.1) is 0 Å². The van der Waals surface area contributed by atoms with Crippen LogP contribution in [0.15, 0.2) is 0 Å². The molecule has 0 aliphatic heterocycles. The van der Waals surface area contributed by atoms with E-state index in [0.29, 0.717) is 12.1 Å². The average molecular weight is 282 g/mol. The van der Waals surface area contributed by atoms with Crippen LogP contribution in [0.2, 0.25) is 0 Å². The second-order valence-electron chi connectivity index (χ2n) is 5.38. The first-order valence-electron chi connectivity index (χ1n) is 6.77. The van der Waals surface area contributed by atoms with Gasteiger partial charge in [0.2, 0.25) is 5.91 Å². The molecule has 0 aromatic carbocycles. The molecule has 0 spiro atoms. The van der Waals surface area contributed by atoms with Crippen LogP contribution in [-0.2, 0) is 17.8 Å². The fourth-order valence-corrected chi connectivity index (χ4v) is 1.75. The van der Waals surface area contributed by atoms with Crippen LogP contribution >= 0.6 is 0 Å². The van der Waals surface area contributed by atoms with Crippen molar-refractivity contribution in [2.45, 2.75) is 59.0 Å². The molecule has 0 saturated carbocycles. The van der Waals surface area contributed by atoms with Crippen LogP contribution in [0.1, 0.15) is 56.7 Å². The Hall–Kier alpha value is -1.92. The lowest BCUT2D eigenvalue weighted by Gasteiger charge is -2.24. The molecule has 0 radical (unpaired) electrons. The molecule has 7 heteroatoms. The van der Waals surface area contributed by atoms with Crippen molar-refractivity contribution in [3.63, 3.8) is 0 Å². The first-order chi connectivity index (χ1) is 9.30. The number of nitrogens with one attached hydrogen (secondary N) is 1. The maximum Gasteiger partial charge on any atom is 0.358 e. The molecule has 0 saturated heterocycles. The lowest BCUT2D eigenvalue weighted by molar-refractivity contribution is -0.123. The highest BCUT2D eigenvalue weighted by Crippen LogP contribution is 2.10. The van der Waals surface area contributed by atoms with Gasteiger partial charge in [0.15, 0.2) is 5.69 Å². The summed E-state index contributed by atoms with van der Waals surface area (Å²) in [6.07, 6.45) is 2.09. The number of amides is 1. The van der Waals surface area contributed by atoms with E-state index >= 15 is 0 Å². The summed E-state index contributed by atoms with van der Waals surface area (Å²) in [4.78, 5) is 23.0. The monoisotopic (exact) mass is 282 g/mol. The molecule has 1 amide bonds. The quantitative estimate of drug-likeness (QED) is 0.784. The van der Waals surface area contributed by atoms with Crippen LogP contribution in [0.25, 0.3) is 0 Å². The molecule has 0 atom stereocenters. The van der Waals surface area contributed by atoms with Crippen molar-refractivity contribution in [2.75, 3.05) is 0 Å². The topological polar surface area (TPSA) is 97.1 Å². The molecular formula is C13H22N4O3. The molecule has 1 aromatic rings. The molecule has 0 bridgehead atoms. The number of hydrogen-bond donors (Lipinski definition) is 2. The lowest BCUT2D eigenvalue weighted by Crippen LogP contribution is -2.44. The Morgan fingerprint density at radius 2 is 2.00 bits per heavy atom. The third-order valence-electron chi connectivity index (χ3n) is 3.18. The van der Waals surface area contributed by atoms with E-state index in [0.717, 1.165) is 12.8 Å². The van der Waals surface area contributed by atoms with Gasteiger partial charge in [-0.3, -0.25) is 4.79 Å². The first-order valence-corrected chi connectivity index (χ1v) is 6.77. The Morgan fingerprint density at radius 3 is 2.50 bits per heavy atom. The van der Waals surface area contributed by atoms with Crippen molar-refractivity contribution >= 4 is 11.9 Å². The van der Waals surface area contributed by atoms with Gasteiger partial charge in [-0.15, -0.1) is 5.10 Å². The summed E-state index contributed by atoms with van der Waals surface area (Å²) in [5.74, 6) is -1.31. The Bertz CT molecular complexity index is 494. The van der Waals surface area contributed by atoms with Gasteiger partial charge in [0, 0.05) is 5.54 Å². The van der Waals surface area contributed by atoms with Crippen molar-refractivity contribution in [2.24, 2.45) is 0 Å². The predicted molar refractivity (Wildman–Crippen MR) is 73.5 cm³/mol. The third kappa shape index (κ3) is 4.04. The second-order valence-corrected chi connectivity index (χ2v) is 5.38. The van der Waals surface area contributed by atoms with Crippen LogP contribution in [-0.4, -0.2) is 37.5 Å². The normalized spacial score (nSPS) is 11.4. The summed E-state index contributed by atoms with van der Waals surface area (Å²) in [6.45, 7) is 7.77. The van der Waals surface area contributed by atoms with Gasteiger partial charge in [-0.1, -0.05) is 25.5 Å². The third-order valence-corrected chi connectivity index (χ3v) is 3.18. The summed E-state index contributed by atoms with van der Waals surface area (Å²) in [5, 5.41) is 19.3. The Morgan fingerprint density at radius 1 is 1.35 bits per heavy atom. The molecule has 1 heterocycles. The number of carboxylic acid groups (broad SMARTS) is 1. The minimum Gasteiger partial charge on any atom is -0.476 e. The highest BCUT2D eigenvalue weighted by atomic mass is 16.4. The highest BCUT2D eigenvalue weighted by molar-refractivity contribution is 5.86. The van der Waals surface area contributed by atoms with E-state index in [1.807, 2.05) is 27.7 Å². The number of carbonyl (C=O) groups excluding carboxylic acids is 1. The maximum atomic E-state index is 12.0. The summed E-state index contributed by atoms with van der Waals surface area (Å²) < 4.78 is 1.37. The largest absolute Gasteiger partial charge is 0.476 e. The van der Waals surface area contributed by atoms with Gasteiger partial charge in [-0.2, -0.15) is 0 Å². The van der Waals surface area contributed by atoms with Crippen LogP contribution in [0.3, 0.4) is 0 Å². The SMILES string of the molecule is CCCc1c(C(=O)O)nnn1CC(=O)NC(C)(C)CC. The van der Waals surface area contributed by atoms with Gasteiger partial charge in [0.05, 0.1) is 5.69 Å². The minimum absolute atomic E-state index is 0.0148. The van der Waals surface area contributed by atoms with Gasteiger partial charge in [0.1, 0.15) is 6.54 Å². The van der Waals surface area contributed by atoms with Crippen molar-refractivity contribution in [3.05, 3.63) is 11.4 Å². The zero-order valence-electron chi connectivity index (χ0n) is 12.4. The van der Waals surface area contributed by atoms with E-state index in [9.17, 15) is 9.59 Å². The Labute approximate surface area is 118 Å². The van der Waals surface area contributed by atoms with Crippen LogP contribution in [0.5, 0.6) is 0 Å². The molecule has 1 aromatic heterocycles. The van der Waals surface area contributed by atoms with Crippen molar-refractivity contribution < 1.29 is 14.7 Å². The molecule has 1 rings (SSSR count). The van der Waals surface area contributed by atoms with Gasteiger partial charge < -0.3 is 10.4 Å². The number of carbonyl (C=O) groups is 2. The number of hydrogen-bond acceptors (Lipinski definition) is 4. The second kappa shape index (κ2) is 6.49. The smallest absolute Gasteiger partial charge is 0.358 e. The van der Waals surface area contributed by atoms with Gasteiger partial charge in [-0.05, 0) is 26.7 Å². The number of aromatic nitrogens is 3. The first kappa shape index (κ1) is 16.1. The van der Waals surface area contributed by atoms with E-state index in [4.69, 9.17) is 5.11 Å². The van der Waals surface area contributed by atoms with E-state index < -0.39 is 5.97 Å². The Kier molecular flexibility index (Phi) is 5.24. The maximum absolute atomic E-state index is 12.0. The zero-order chi connectivity index (χ0) is 15.3. The summed E-state index contributed by atoms with van der Waals surface area (Å²) in [5.41, 5.74) is 0.122. The molecule has 20 heavy (non-hydrogen) atoms. The van der Waals surface area contributed by atoms with Gasteiger partial charge >= 0.3 is 5.97 Å². The predicted octanol–water partition coefficient (Wildman–Crippen LogP) is 1.23. The number of carboxylic acids is 1. The molecule has 0 unspecified atom stereocenters. The molecule has 0 aliphatic carbocycles. The fourth-order valence-electron chi connectivity index (χ4n) is 1.75. The van der Waals surface area contributed by atoms with Crippen LogP contribution in [0.4, 0.5) is 0 Å². The van der Waals surface area contributed by atoms with Crippen molar-refractivity contribution in [3.8, 4) is 0 Å². The molecule has 112 valence electrons. The summed E-state index contributed by atoms with van der Waals surface area (Å²) >= 11 is 0. The van der Waals surface area contributed by atoms with Gasteiger partial charge in [-0.25, -0.2) is 9.48 Å². The summed E-state index contributed by atoms with van der Waals surface area (Å²) in [6, 6.07) is 0. The van der Waals surface area contributed by atoms with Gasteiger partial charge in [0.25, 0.3) is 0 Å². The lowest BCUT2D eigenvalue weighted by atomic mass is 10.0.